The number of tetrazole rings is 1. The summed E-state index contributed by atoms with van der Waals surface area (Å²) in [6, 6.07) is 5.24. The number of carbonyl (C=O) groups excluding carboxylic acids is 1. The van der Waals surface area contributed by atoms with E-state index in [1.165, 1.54) is 0 Å². The molecular weight excluding hydrogens is 346 g/mol. The highest BCUT2D eigenvalue weighted by Crippen LogP contribution is 2.38. The maximum Gasteiger partial charge on any atom is 0.248 e. The minimum atomic E-state index is -0.424. The van der Waals surface area contributed by atoms with Crippen molar-refractivity contribution in [2.75, 3.05) is 19.0 Å². The summed E-state index contributed by atoms with van der Waals surface area (Å²) in [6.07, 6.45) is 0.962. The average molecular weight is 371 g/mol. The first kappa shape index (κ1) is 18.9. The lowest BCUT2D eigenvalue weighted by molar-refractivity contribution is -0.114. The minimum absolute atomic E-state index is 0.0395. The molecule has 144 valence electrons. The summed E-state index contributed by atoms with van der Waals surface area (Å²) >= 11 is 0. The summed E-state index contributed by atoms with van der Waals surface area (Å²) in [6.45, 7) is 8.33. The third-order valence-corrected chi connectivity index (χ3v) is 4.55. The van der Waals surface area contributed by atoms with E-state index in [2.05, 4.69) is 34.7 Å². The number of allylic oxidation sites excluding steroid dienone is 2. The first-order valence-corrected chi connectivity index (χ1v) is 8.99. The van der Waals surface area contributed by atoms with E-state index in [0.29, 0.717) is 35.5 Å². The van der Waals surface area contributed by atoms with Gasteiger partial charge in [0.25, 0.3) is 0 Å². The van der Waals surface area contributed by atoms with Gasteiger partial charge >= 0.3 is 0 Å². The van der Waals surface area contributed by atoms with Crippen molar-refractivity contribution in [1.29, 1.82) is 0 Å². The van der Waals surface area contributed by atoms with Gasteiger partial charge in [0.15, 0.2) is 17.3 Å². The largest absolute Gasteiger partial charge is 0.493 e. The molecule has 8 heteroatoms. The topological polar surface area (TPSA) is 91.2 Å². The second kappa shape index (κ2) is 7.77. The van der Waals surface area contributed by atoms with Gasteiger partial charge in [0.05, 0.1) is 13.7 Å². The van der Waals surface area contributed by atoms with E-state index in [1.807, 2.05) is 25.1 Å². The van der Waals surface area contributed by atoms with Crippen LogP contribution in [0.4, 0.5) is 5.95 Å². The van der Waals surface area contributed by atoms with Crippen LogP contribution in [0.25, 0.3) is 0 Å². The number of ketones is 1. The van der Waals surface area contributed by atoms with E-state index >= 15 is 0 Å². The lowest BCUT2D eigenvalue weighted by atomic mass is 9.93. The van der Waals surface area contributed by atoms with Crippen LogP contribution in [0.15, 0.2) is 29.5 Å². The molecule has 0 saturated carbocycles. The van der Waals surface area contributed by atoms with Crippen LogP contribution in [0.3, 0.4) is 0 Å². The lowest BCUT2D eigenvalue weighted by Crippen LogP contribution is -2.27. The molecule has 0 bridgehead atoms. The highest BCUT2D eigenvalue weighted by Gasteiger charge is 2.32. The summed E-state index contributed by atoms with van der Waals surface area (Å²) in [7, 11) is 1.60. The monoisotopic (exact) mass is 371 g/mol. The first-order chi connectivity index (χ1) is 12.9. The summed E-state index contributed by atoms with van der Waals surface area (Å²) in [5.74, 6) is 2.32. The van der Waals surface area contributed by atoms with Crippen LogP contribution in [0.2, 0.25) is 0 Å². The SMILES string of the molecule is COc1cc(C2C(C(C)=O)=C(C)Nc3nnnn32)ccc1OCCC(C)C. The number of hydrogen-bond donors (Lipinski definition) is 1. The van der Waals surface area contributed by atoms with Crippen LogP contribution in [0, 0.1) is 5.92 Å². The number of ether oxygens (including phenoxy) is 2. The Bertz CT molecular complexity index is 872. The molecule has 1 aromatic carbocycles. The zero-order valence-corrected chi connectivity index (χ0v) is 16.3. The Balaban J connectivity index is 1.98. The van der Waals surface area contributed by atoms with Crippen LogP contribution in [0.5, 0.6) is 11.5 Å². The fourth-order valence-electron chi connectivity index (χ4n) is 3.15. The molecule has 1 aliphatic heterocycles. The van der Waals surface area contributed by atoms with Gasteiger partial charge in [-0.1, -0.05) is 25.0 Å². The number of hydrogen-bond acceptors (Lipinski definition) is 7. The van der Waals surface area contributed by atoms with E-state index < -0.39 is 6.04 Å². The Morgan fingerprint density at radius 1 is 1.33 bits per heavy atom. The number of Topliss-reactive ketones (excluding diaryl/α,β-unsaturated/α-hetero) is 1. The number of nitrogens with one attached hydrogen (secondary N) is 1. The van der Waals surface area contributed by atoms with E-state index in [1.54, 1.807) is 18.7 Å². The number of aromatic nitrogens is 4. The van der Waals surface area contributed by atoms with Crippen LogP contribution in [-0.2, 0) is 4.79 Å². The van der Waals surface area contributed by atoms with Crippen molar-refractivity contribution in [3.8, 4) is 11.5 Å². The maximum absolute atomic E-state index is 12.3. The Labute approximate surface area is 158 Å². The highest BCUT2D eigenvalue weighted by molar-refractivity contribution is 5.96. The van der Waals surface area contributed by atoms with Gasteiger partial charge in [-0.2, -0.15) is 4.68 Å². The van der Waals surface area contributed by atoms with Crippen molar-refractivity contribution in [2.45, 2.75) is 40.2 Å². The quantitative estimate of drug-likeness (QED) is 0.800. The van der Waals surface area contributed by atoms with Crippen molar-refractivity contribution >= 4 is 11.7 Å². The Morgan fingerprint density at radius 3 is 2.78 bits per heavy atom. The molecule has 1 aromatic heterocycles. The third-order valence-electron chi connectivity index (χ3n) is 4.55. The van der Waals surface area contributed by atoms with Gasteiger partial charge in [0, 0.05) is 11.3 Å². The number of carbonyl (C=O) groups is 1. The van der Waals surface area contributed by atoms with Crippen molar-refractivity contribution in [1.82, 2.24) is 20.2 Å². The van der Waals surface area contributed by atoms with E-state index in [-0.39, 0.29) is 5.78 Å². The molecule has 1 N–H and O–H groups in total. The highest BCUT2D eigenvalue weighted by atomic mass is 16.5. The smallest absolute Gasteiger partial charge is 0.248 e. The van der Waals surface area contributed by atoms with Crippen molar-refractivity contribution in [3.05, 3.63) is 35.0 Å². The zero-order chi connectivity index (χ0) is 19.6. The normalized spacial score (nSPS) is 16.1. The Morgan fingerprint density at radius 2 is 2.11 bits per heavy atom. The van der Waals surface area contributed by atoms with Crippen molar-refractivity contribution < 1.29 is 14.3 Å². The second-order valence-corrected chi connectivity index (χ2v) is 7.01. The Kier molecular flexibility index (Phi) is 5.43. The molecule has 0 spiro atoms. The number of anilines is 1. The van der Waals surface area contributed by atoms with Gasteiger partial charge < -0.3 is 14.8 Å². The summed E-state index contributed by atoms with van der Waals surface area (Å²) in [5, 5.41) is 14.9. The standard InChI is InChI=1S/C19H25N5O3/c1-11(2)8-9-27-15-7-6-14(10-16(15)26-5)18-17(13(4)25)12(3)20-19-21-22-23-24(18)19/h6-7,10-11,18H,8-9H2,1-5H3,(H,20,21,23). The molecule has 8 nitrogen and oxygen atoms in total. The lowest BCUT2D eigenvalue weighted by Gasteiger charge is -2.27. The van der Waals surface area contributed by atoms with Gasteiger partial charge in [-0.25, -0.2) is 0 Å². The number of benzene rings is 1. The Hall–Kier alpha value is -2.90. The van der Waals surface area contributed by atoms with Crippen LogP contribution in [-0.4, -0.2) is 39.7 Å². The summed E-state index contributed by atoms with van der Waals surface area (Å²) < 4.78 is 13.0. The number of fused-ring (bicyclic) bond motifs is 1. The summed E-state index contributed by atoms with van der Waals surface area (Å²) in [4.78, 5) is 12.3. The number of rotatable bonds is 7. The van der Waals surface area contributed by atoms with E-state index in [9.17, 15) is 4.79 Å². The fourth-order valence-corrected chi connectivity index (χ4v) is 3.15. The molecule has 0 aliphatic carbocycles. The minimum Gasteiger partial charge on any atom is -0.493 e. The van der Waals surface area contributed by atoms with Gasteiger partial charge in [-0.15, -0.1) is 0 Å². The van der Waals surface area contributed by atoms with E-state index in [4.69, 9.17) is 9.47 Å². The molecule has 2 heterocycles. The molecule has 1 aliphatic rings. The second-order valence-electron chi connectivity index (χ2n) is 7.01. The predicted molar refractivity (Wildman–Crippen MR) is 101 cm³/mol. The van der Waals surface area contributed by atoms with Gasteiger partial charge in [-0.3, -0.25) is 4.79 Å². The molecule has 1 unspecified atom stereocenters. The molecule has 3 rings (SSSR count). The molecule has 0 saturated heterocycles. The zero-order valence-electron chi connectivity index (χ0n) is 16.3. The van der Waals surface area contributed by atoms with Crippen molar-refractivity contribution in [3.63, 3.8) is 0 Å². The molecule has 2 aromatic rings. The van der Waals surface area contributed by atoms with Crippen molar-refractivity contribution in [2.24, 2.45) is 5.92 Å². The number of nitrogens with zero attached hydrogens (tertiary/aromatic N) is 4. The predicted octanol–water partition coefficient (Wildman–Crippen LogP) is 2.98. The third kappa shape index (κ3) is 3.79. The van der Waals surface area contributed by atoms with Crippen LogP contribution in [0.1, 0.15) is 45.7 Å². The van der Waals surface area contributed by atoms with Crippen LogP contribution >= 0.6 is 0 Å². The van der Waals surface area contributed by atoms with Gasteiger partial charge in [0.2, 0.25) is 5.95 Å². The molecule has 1 atom stereocenters. The molecular formula is C19H25N5O3. The van der Waals surface area contributed by atoms with Gasteiger partial charge in [-0.05, 0) is 54.3 Å². The first-order valence-electron chi connectivity index (χ1n) is 8.99. The summed E-state index contributed by atoms with van der Waals surface area (Å²) in [5.41, 5.74) is 2.21. The van der Waals surface area contributed by atoms with E-state index in [0.717, 1.165) is 17.7 Å². The maximum atomic E-state index is 12.3. The molecule has 0 radical (unpaired) electrons. The van der Waals surface area contributed by atoms with Crippen LogP contribution < -0.4 is 14.8 Å². The fraction of sp³-hybridized carbons (Fsp3) is 0.474. The number of methoxy groups -OCH3 is 1. The molecule has 0 amide bonds. The molecule has 27 heavy (non-hydrogen) atoms. The van der Waals surface area contributed by atoms with Gasteiger partial charge in [0.1, 0.15) is 6.04 Å². The molecule has 0 fully saturated rings. The average Bonchev–Trinajstić information content (AvgIpc) is 3.08.